The van der Waals surface area contributed by atoms with Crippen LogP contribution in [0.5, 0.6) is 11.6 Å². The quantitative estimate of drug-likeness (QED) is 0.365. The lowest BCUT2D eigenvalue weighted by Crippen LogP contribution is -2.05. The Bertz CT molecular complexity index is 1130. The van der Waals surface area contributed by atoms with Gasteiger partial charge < -0.3 is 9.47 Å². The summed E-state index contributed by atoms with van der Waals surface area (Å²) in [6.07, 6.45) is -4.52. The molecule has 3 heterocycles. The minimum absolute atomic E-state index is 0.0787. The highest BCUT2D eigenvalue weighted by Gasteiger charge is 2.34. The van der Waals surface area contributed by atoms with Crippen molar-refractivity contribution >= 4 is 22.7 Å². The van der Waals surface area contributed by atoms with E-state index >= 15 is 0 Å². The molecule has 0 aliphatic heterocycles. The Morgan fingerprint density at radius 3 is 2.43 bits per heavy atom. The zero-order valence-corrected chi connectivity index (χ0v) is 17.1. The molecule has 0 fully saturated rings. The van der Waals surface area contributed by atoms with Crippen LogP contribution >= 0.6 is 22.7 Å². The molecule has 0 amide bonds. The van der Waals surface area contributed by atoms with Crippen LogP contribution in [0.1, 0.15) is 11.3 Å². The van der Waals surface area contributed by atoms with Gasteiger partial charge in [-0.15, -0.1) is 22.7 Å². The van der Waals surface area contributed by atoms with E-state index in [0.29, 0.717) is 5.69 Å². The maximum Gasteiger partial charge on any atom is 0.434 e. The van der Waals surface area contributed by atoms with Gasteiger partial charge in [-0.1, -0.05) is 18.2 Å². The first-order chi connectivity index (χ1) is 14.4. The number of alkyl halides is 3. The molecule has 3 aromatic heterocycles. The van der Waals surface area contributed by atoms with E-state index in [-0.39, 0.29) is 23.3 Å². The van der Waals surface area contributed by atoms with Crippen molar-refractivity contribution < 1.29 is 22.6 Å². The number of hydrogen-bond donors (Lipinski definition) is 0. The maximum absolute atomic E-state index is 12.9. The molecular weight excluding hydrogens is 435 g/mol. The number of rotatable bonds is 6. The smallest absolute Gasteiger partial charge is 0.434 e. The minimum Gasteiger partial charge on any atom is -0.497 e. The summed E-state index contributed by atoms with van der Waals surface area (Å²) in [6.45, 7) is 0.232. The largest absolute Gasteiger partial charge is 0.497 e. The fourth-order valence-electron chi connectivity index (χ4n) is 2.53. The van der Waals surface area contributed by atoms with Crippen molar-refractivity contribution in [2.24, 2.45) is 0 Å². The fraction of sp³-hybridized carbons (Fsp3) is 0.150. The Balaban J connectivity index is 1.65. The molecule has 0 N–H and O–H groups in total. The first kappa shape index (κ1) is 20.3. The van der Waals surface area contributed by atoms with Crippen molar-refractivity contribution in [2.75, 3.05) is 7.11 Å². The average molecular weight is 449 g/mol. The Kier molecular flexibility index (Phi) is 5.69. The van der Waals surface area contributed by atoms with Crippen LogP contribution in [0.3, 0.4) is 0 Å². The molecule has 4 rings (SSSR count). The Labute approximate surface area is 177 Å². The van der Waals surface area contributed by atoms with Crippen molar-refractivity contribution in [3.8, 4) is 33.0 Å². The van der Waals surface area contributed by atoms with Crippen LogP contribution in [0.4, 0.5) is 13.2 Å². The average Bonchev–Trinajstić information content (AvgIpc) is 3.44. The number of nitrogens with zero attached hydrogens (tertiary/aromatic N) is 3. The highest BCUT2D eigenvalue weighted by atomic mass is 32.1. The summed E-state index contributed by atoms with van der Waals surface area (Å²) in [5.74, 6) is 1.07. The lowest BCUT2D eigenvalue weighted by atomic mass is 10.2. The molecule has 154 valence electrons. The molecule has 0 bridgehead atoms. The van der Waals surface area contributed by atoms with Crippen LogP contribution in [-0.4, -0.2) is 22.1 Å². The Morgan fingerprint density at radius 1 is 1.00 bits per heavy atom. The van der Waals surface area contributed by atoms with Crippen molar-refractivity contribution in [1.82, 2.24) is 15.0 Å². The van der Waals surface area contributed by atoms with Gasteiger partial charge in [0.1, 0.15) is 12.4 Å². The van der Waals surface area contributed by atoms with Gasteiger partial charge in [0, 0.05) is 11.4 Å². The molecule has 30 heavy (non-hydrogen) atoms. The van der Waals surface area contributed by atoms with Crippen molar-refractivity contribution in [3.63, 3.8) is 0 Å². The first-order valence-electron chi connectivity index (χ1n) is 8.64. The summed E-state index contributed by atoms with van der Waals surface area (Å²) >= 11 is 2.30. The second-order valence-electron chi connectivity index (χ2n) is 6.06. The van der Waals surface area contributed by atoms with Gasteiger partial charge in [-0.25, -0.2) is 9.97 Å². The van der Waals surface area contributed by atoms with E-state index in [2.05, 4.69) is 15.0 Å². The van der Waals surface area contributed by atoms with Gasteiger partial charge in [0.25, 0.3) is 0 Å². The molecule has 0 spiro atoms. The molecule has 0 aliphatic carbocycles. The van der Waals surface area contributed by atoms with E-state index < -0.39 is 11.9 Å². The molecule has 1 aromatic carbocycles. The SMILES string of the molecule is COc1ccc(COc2cc(-c3cccs3)nc(-c3nc(C(F)(F)F)cs3)n2)cc1. The van der Waals surface area contributed by atoms with Crippen molar-refractivity contribution in [2.45, 2.75) is 12.8 Å². The van der Waals surface area contributed by atoms with Gasteiger partial charge in [0.05, 0.1) is 17.7 Å². The fourth-order valence-corrected chi connectivity index (χ4v) is 3.97. The minimum atomic E-state index is -4.52. The molecule has 0 atom stereocenters. The van der Waals surface area contributed by atoms with Gasteiger partial charge >= 0.3 is 6.18 Å². The van der Waals surface area contributed by atoms with E-state index in [9.17, 15) is 13.2 Å². The monoisotopic (exact) mass is 449 g/mol. The van der Waals surface area contributed by atoms with Crippen LogP contribution < -0.4 is 9.47 Å². The molecule has 0 saturated heterocycles. The zero-order chi connectivity index (χ0) is 21.1. The second kappa shape index (κ2) is 8.41. The normalized spacial score (nSPS) is 11.5. The molecule has 5 nitrogen and oxygen atoms in total. The van der Waals surface area contributed by atoms with Gasteiger partial charge in [0.15, 0.2) is 16.5 Å². The lowest BCUT2D eigenvalue weighted by molar-refractivity contribution is -0.140. The first-order valence-corrected chi connectivity index (χ1v) is 10.4. The van der Waals surface area contributed by atoms with E-state index in [1.165, 1.54) is 11.3 Å². The molecule has 0 radical (unpaired) electrons. The van der Waals surface area contributed by atoms with Crippen LogP contribution in [-0.2, 0) is 12.8 Å². The van der Waals surface area contributed by atoms with Gasteiger partial charge in [-0.05, 0) is 29.1 Å². The number of aromatic nitrogens is 3. The summed E-state index contributed by atoms with van der Waals surface area (Å²) in [5.41, 5.74) is 0.485. The number of hydrogen-bond acceptors (Lipinski definition) is 7. The molecule has 10 heteroatoms. The van der Waals surface area contributed by atoms with E-state index in [1.54, 1.807) is 13.2 Å². The predicted octanol–water partition coefficient (Wildman–Crippen LogP) is 5.94. The number of benzene rings is 1. The summed E-state index contributed by atoms with van der Waals surface area (Å²) in [5, 5.41) is 2.92. The topological polar surface area (TPSA) is 57.1 Å². The number of halogens is 3. The third kappa shape index (κ3) is 4.60. The van der Waals surface area contributed by atoms with Gasteiger partial charge in [-0.3, -0.25) is 0 Å². The summed E-state index contributed by atoms with van der Waals surface area (Å²) < 4.78 is 49.7. The zero-order valence-electron chi connectivity index (χ0n) is 15.5. The summed E-state index contributed by atoms with van der Waals surface area (Å²) in [7, 11) is 1.59. The molecular formula is C20H14F3N3O2S2. The highest BCUT2D eigenvalue weighted by Crippen LogP contribution is 2.34. The van der Waals surface area contributed by atoms with E-state index in [1.807, 2.05) is 41.8 Å². The Hall–Kier alpha value is -2.98. The highest BCUT2D eigenvalue weighted by molar-refractivity contribution is 7.13. The van der Waals surface area contributed by atoms with Crippen molar-refractivity contribution in [1.29, 1.82) is 0 Å². The van der Waals surface area contributed by atoms with Crippen molar-refractivity contribution in [3.05, 3.63) is 64.5 Å². The Morgan fingerprint density at radius 2 is 1.80 bits per heavy atom. The third-order valence-electron chi connectivity index (χ3n) is 4.01. The number of ether oxygens (including phenoxy) is 2. The van der Waals surface area contributed by atoms with Crippen LogP contribution in [0.15, 0.2) is 53.2 Å². The number of thiazole rings is 1. The number of methoxy groups -OCH3 is 1. The van der Waals surface area contributed by atoms with E-state index in [4.69, 9.17) is 9.47 Å². The molecule has 0 aliphatic rings. The third-order valence-corrected chi connectivity index (χ3v) is 5.74. The van der Waals surface area contributed by atoms with Crippen LogP contribution in [0, 0.1) is 0 Å². The molecule has 0 unspecified atom stereocenters. The summed E-state index contributed by atoms with van der Waals surface area (Å²) in [6, 6.07) is 12.7. The predicted molar refractivity (Wildman–Crippen MR) is 109 cm³/mol. The van der Waals surface area contributed by atoms with Crippen LogP contribution in [0.2, 0.25) is 0 Å². The standard InChI is InChI=1S/C20H14F3N3O2S2/c1-27-13-6-4-12(5-7-13)10-28-17-9-14(15-3-2-8-29-15)24-18(26-17)19-25-16(11-30-19)20(21,22)23/h2-9,11H,10H2,1H3. The lowest BCUT2D eigenvalue weighted by Gasteiger charge is -2.09. The summed E-state index contributed by atoms with van der Waals surface area (Å²) in [4.78, 5) is 13.2. The number of thiophene rings is 1. The maximum atomic E-state index is 12.9. The second-order valence-corrected chi connectivity index (χ2v) is 7.87. The van der Waals surface area contributed by atoms with Gasteiger partial charge in [0.2, 0.25) is 5.88 Å². The molecule has 4 aromatic rings. The van der Waals surface area contributed by atoms with E-state index in [0.717, 1.165) is 32.9 Å². The van der Waals surface area contributed by atoms with Gasteiger partial charge in [-0.2, -0.15) is 18.2 Å². The molecule has 0 saturated carbocycles. The van der Waals surface area contributed by atoms with Crippen LogP contribution in [0.25, 0.3) is 21.4 Å².